The van der Waals surface area contributed by atoms with Crippen molar-refractivity contribution in [2.24, 2.45) is 5.73 Å². The molecule has 0 aliphatic heterocycles. The third kappa shape index (κ3) is 4.17. The van der Waals surface area contributed by atoms with Crippen LogP contribution in [-0.2, 0) is 14.8 Å². The molecule has 1 amide bonds. The molecule has 0 aromatic heterocycles. The lowest BCUT2D eigenvalue weighted by molar-refractivity contribution is -0.385. The van der Waals surface area contributed by atoms with E-state index in [1.54, 1.807) is 0 Å². The number of hydrogen-bond acceptors (Lipinski definition) is 7. The molecule has 0 heterocycles. The first-order valence-electron chi connectivity index (χ1n) is 7.34. The number of hydrogen-bond donors (Lipinski definition) is 1. The quantitative estimate of drug-likeness (QED) is 0.548. The maximum absolute atomic E-state index is 13.0. The summed E-state index contributed by atoms with van der Waals surface area (Å²) in [6.07, 6.45) is 0. The number of benzene rings is 2. The van der Waals surface area contributed by atoms with Crippen LogP contribution in [0.4, 0.5) is 17.1 Å². The Balaban J connectivity index is 2.62. The van der Waals surface area contributed by atoms with Crippen LogP contribution in [0.1, 0.15) is 5.56 Å². The molecule has 0 aliphatic carbocycles. The van der Waals surface area contributed by atoms with Crippen LogP contribution < -0.4 is 10.0 Å². The monoisotopic (exact) mass is 394 g/mol. The van der Waals surface area contributed by atoms with E-state index < -0.39 is 42.9 Å². The van der Waals surface area contributed by atoms with E-state index in [4.69, 9.17) is 5.73 Å². The SMILES string of the molecule is Cc1cc([N+](=O)[O-])ccc1N(CC(N)=O)S(=O)(=O)c1cccc([N+](=O)[O-])c1. The van der Waals surface area contributed by atoms with Gasteiger partial charge in [-0.25, -0.2) is 8.42 Å². The summed E-state index contributed by atoms with van der Waals surface area (Å²) in [5, 5.41) is 21.8. The minimum absolute atomic E-state index is 0.00842. The van der Waals surface area contributed by atoms with Gasteiger partial charge in [-0.1, -0.05) is 6.07 Å². The van der Waals surface area contributed by atoms with Crippen molar-refractivity contribution < 1.29 is 23.1 Å². The van der Waals surface area contributed by atoms with Crippen molar-refractivity contribution in [2.45, 2.75) is 11.8 Å². The average Bonchev–Trinajstić information content (AvgIpc) is 2.59. The Morgan fingerprint density at radius 2 is 1.67 bits per heavy atom. The topological polar surface area (TPSA) is 167 Å². The number of sulfonamides is 1. The molecule has 0 saturated heterocycles. The zero-order valence-electron chi connectivity index (χ0n) is 13.9. The molecule has 11 nitrogen and oxygen atoms in total. The van der Waals surface area contributed by atoms with Crippen molar-refractivity contribution in [3.8, 4) is 0 Å². The normalized spacial score (nSPS) is 11.0. The van der Waals surface area contributed by atoms with Gasteiger partial charge in [-0.2, -0.15) is 0 Å². The van der Waals surface area contributed by atoms with Crippen LogP contribution in [0, 0.1) is 27.2 Å². The zero-order valence-corrected chi connectivity index (χ0v) is 14.8. The number of nitrogens with zero attached hydrogens (tertiary/aromatic N) is 3. The fourth-order valence-electron chi connectivity index (χ4n) is 2.36. The molecule has 0 saturated carbocycles. The summed E-state index contributed by atoms with van der Waals surface area (Å²) in [6.45, 7) is 0.683. The predicted molar refractivity (Wildman–Crippen MR) is 94.7 cm³/mol. The van der Waals surface area contributed by atoms with E-state index in [0.29, 0.717) is 4.31 Å². The maximum atomic E-state index is 13.0. The van der Waals surface area contributed by atoms with Crippen molar-refractivity contribution in [3.63, 3.8) is 0 Å². The van der Waals surface area contributed by atoms with Gasteiger partial charge in [0.05, 0.1) is 20.4 Å². The number of nitro benzene ring substituents is 2. The predicted octanol–water partition coefficient (Wildman–Crippen LogP) is 1.49. The van der Waals surface area contributed by atoms with Gasteiger partial charge in [0.25, 0.3) is 21.4 Å². The number of nitro groups is 2. The summed E-state index contributed by atoms with van der Waals surface area (Å²) in [5.41, 5.74) is 4.64. The van der Waals surface area contributed by atoms with Gasteiger partial charge in [-0.05, 0) is 24.6 Å². The van der Waals surface area contributed by atoms with Crippen molar-refractivity contribution in [1.29, 1.82) is 0 Å². The molecule has 0 unspecified atom stereocenters. The second-order valence-corrected chi connectivity index (χ2v) is 7.32. The third-order valence-corrected chi connectivity index (χ3v) is 5.33. The molecule has 0 fully saturated rings. The van der Waals surface area contributed by atoms with E-state index in [0.717, 1.165) is 30.3 Å². The minimum Gasteiger partial charge on any atom is -0.368 e. The van der Waals surface area contributed by atoms with E-state index in [9.17, 15) is 33.4 Å². The molecule has 0 aliphatic rings. The number of anilines is 1. The molecular weight excluding hydrogens is 380 g/mol. The number of primary amides is 1. The number of carbonyl (C=O) groups is 1. The summed E-state index contributed by atoms with van der Waals surface area (Å²) in [7, 11) is -4.40. The standard InChI is InChI=1S/C15H14N4O7S/c1-10-7-12(19(23)24)5-6-14(10)17(9-15(16)20)27(25,26)13-4-2-3-11(8-13)18(21)22/h2-8H,9H2,1H3,(H2,16,20). The van der Waals surface area contributed by atoms with E-state index in [1.165, 1.54) is 19.1 Å². The molecule has 142 valence electrons. The van der Waals surface area contributed by atoms with Crippen LogP contribution in [-0.4, -0.2) is 30.7 Å². The van der Waals surface area contributed by atoms with Crippen molar-refractivity contribution >= 4 is 33.0 Å². The number of non-ortho nitro benzene ring substituents is 2. The van der Waals surface area contributed by atoms with Gasteiger partial charge in [-0.15, -0.1) is 0 Å². The molecule has 0 spiro atoms. The van der Waals surface area contributed by atoms with Gasteiger partial charge in [0.15, 0.2) is 0 Å². The Hall–Kier alpha value is -3.54. The van der Waals surface area contributed by atoms with Crippen molar-refractivity contribution in [1.82, 2.24) is 0 Å². The Morgan fingerprint density at radius 3 is 2.19 bits per heavy atom. The molecule has 0 radical (unpaired) electrons. The Morgan fingerprint density at radius 1 is 1.07 bits per heavy atom. The summed E-state index contributed by atoms with van der Waals surface area (Å²) < 4.78 is 26.6. The van der Waals surface area contributed by atoms with Crippen LogP contribution in [0.3, 0.4) is 0 Å². The van der Waals surface area contributed by atoms with Gasteiger partial charge in [-0.3, -0.25) is 29.3 Å². The summed E-state index contributed by atoms with van der Waals surface area (Å²) >= 11 is 0. The second kappa shape index (κ2) is 7.37. The lowest BCUT2D eigenvalue weighted by Crippen LogP contribution is -2.39. The van der Waals surface area contributed by atoms with E-state index in [-0.39, 0.29) is 16.9 Å². The van der Waals surface area contributed by atoms with Gasteiger partial charge in [0.1, 0.15) is 6.54 Å². The highest BCUT2D eigenvalue weighted by molar-refractivity contribution is 7.92. The minimum atomic E-state index is -4.40. The fraction of sp³-hybridized carbons (Fsp3) is 0.133. The molecule has 27 heavy (non-hydrogen) atoms. The smallest absolute Gasteiger partial charge is 0.270 e. The highest BCUT2D eigenvalue weighted by Crippen LogP contribution is 2.30. The highest BCUT2D eigenvalue weighted by Gasteiger charge is 2.29. The van der Waals surface area contributed by atoms with Gasteiger partial charge < -0.3 is 5.73 Å². The number of nitrogens with two attached hydrogens (primary N) is 1. The molecule has 2 N–H and O–H groups in total. The number of carbonyl (C=O) groups excluding carboxylic acids is 1. The summed E-state index contributed by atoms with van der Waals surface area (Å²) in [5.74, 6) is -0.971. The molecule has 12 heteroatoms. The number of rotatable bonds is 7. The number of amides is 1. The maximum Gasteiger partial charge on any atom is 0.270 e. The Bertz CT molecular complexity index is 1040. The van der Waals surface area contributed by atoms with Crippen molar-refractivity contribution in [2.75, 3.05) is 10.8 Å². The Labute approximate surface area is 153 Å². The van der Waals surface area contributed by atoms with E-state index >= 15 is 0 Å². The summed E-state index contributed by atoms with van der Waals surface area (Å²) in [6, 6.07) is 7.70. The first-order valence-corrected chi connectivity index (χ1v) is 8.78. The Kier molecular flexibility index (Phi) is 5.40. The van der Waals surface area contributed by atoms with Crippen LogP contribution >= 0.6 is 0 Å². The van der Waals surface area contributed by atoms with Crippen LogP contribution in [0.5, 0.6) is 0 Å². The molecule has 2 aromatic rings. The van der Waals surface area contributed by atoms with Crippen molar-refractivity contribution in [3.05, 3.63) is 68.3 Å². The summed E-state index contributed by atoms with van der Waals surface area (Å²) in [4.78, 5) is 31.4. The molecule has 2 rings (SSSR count). The van der Waals surface area contributed by atoms with Gasteiger partial charge in [0, 0.05) is 24.3 Å². The largest absolute Gasteiger partial charge is 0.368 e. The first-order chi connectivity index (χ1) is 12.5. The van der Waals surface area contributed by atoms with Crippen LogP contribution in [0.15, 0.2) is 47.4 Å². The van der Waals surface area contributed by atoms with Crippen LogP contribution in [0.25, 0.3) is 0 Å². The molecule has 0 bridgehead atoms. The van der Waals surface area contributed by atoms with Crippen LogP contribution in [0.2, 0.25) is 0 Å². The van der Waals surface area contributed by atoms with E-state index in [2.05, 4.69) is 0 Å². The zero-order chi connectivity index (χ0) is 20.4. The molecular formula is C15H14N4O7S. The van der Waals surface area contributed by atoms with Gasteiger partial charge in [0.2, 0.25) is 5.91 Å². The lowest BCUT2D eigenvalue weighted by Gasteiger charge is -2.24. The molecule has 2 aromatic carbocycles. The molecule has 0 atom stereocenters. The highest BCUT2D eigenvalue weighted by atomic mass is 32.2. The second-order valence-electron chi connectivity index (χ2n) is 5.46. The van der Waals surface area contributed by atoms with E-state index in [1.807, 2.05) is 0 Å². The lowest BCUT2D eigenvalue weighted by atomic mass is 10.2. The van der Waals surface area contributed by atoms with Gasteiger partial charge >= 0.3 is 0 Å². The number of aryl methyl sites for hydroxylation is 1. The average molecular weight is 394 g/mol. The third-order valence-electron chi connectivity index (χ3n) is 3.58. The first kappa shape index (κ1) is 19.8. The fourth-order valence-corrected chi connectivity index (χ4v) is 3.89.